The van der Waals surface area contributed by atoms with Crippen LogP contribution >= 0.6 is 0 Å². The highest BCUT2D eigenvalue weighted by atomic mass is 19.1. The molecule has 1 fully saturated rings. The highest BCUT2D eigenvalue weighted by Crippen LogP contribution is 2.36. The lowest BCUT2D eigenvalue weighted by Crippen LogP contribution is -2.36. The molecule has 2 heterocycles. The molecule has 0 N–H and O–H groups in total. The topological polar surface area (TPSA) is 15.7 Å². The van der Waals surface area contributed by atoms with Gasteiger partial charge in [-0.3, -0.25) is 0 Å². The number of benzene rings is 2. The van der Waals surface area contributed by atoms with E-state index in [0.29, 0.717) is 0 Å². The van der Waals surface area contributed by atoms with Gasteiger partial charge in [-0.2, -0.15) is 0 Å². The molecule has 2 aliphatic heterocycles. The fourth-order valence-corrected chi connectivity index (χ4v) is 4.08. The summed E-state index contributed by atoms with van der Waals surface area (Å²) in [6.07, 6.45) is 0.850. The monoisotopic (exact) mass is 358 g/mol. The maximum absolute atomic E-state index is 13.8. The van der Waals surface area contributed by atoms with Gasteiger partial charge in [0.05, 0.1) is 13.2 Å². The van der Waals surface area contributed by atoms with Crippen LogP contribution in [-0.4, -0.2) is 44.8 Å². The molecule has 5 heteroatoms. The minimum atomic E-state index is -0.510. The zero-order chi connectivity index (χ0) is 18.1. The van der Waals surface area contributed by atoms with Gasteiger partial charge in [0.2, 0.25) is 0 Å². The third-order valence-corrected chi connectivity index (χ3v) is 5.41. The predicted molar refractivity (Wildman–Crippen MR) is 98.6 cm³/mol. The van der Waals surface area contributed by atoms with Gasteiger partial charge < -0.3 is 14.5 Å². The van der Waals surface area contributed by atoms with E-state index >= 15 is 0 Å². The zero-order valence-corrected chi connectivity index (χ0v) is 15.0. The second kappa shape index (κ2) is 7.33. The molecule has 2 aromatic carbocycles. The second-order valence-corrected chi connectivity index (χ2v) is 7.26. The average Bonchev–Trinajstić information content (AvgIpc) is 2.79. The van der Waals surface area contributed by atoms with Crippen molar-refractivity contribution in [3.63, 3.8) is 0 Å². The normalized spacial score (nSPS) is 21.3. The van der Waals surface area contributed by atoms with Crippen LogP contribution in [0.3, 0.4) is 0 Å². The predicted octanol–water partition coefficient (Wildman–Crippen LogP) is 3.77. The number of anilines is 1. The molecule has 0 amide bonds. The molecule has 2 aromatic rings. The molecule has 2 aliphatic rings. The van der Waals surface area contributed by atoms with E-state index in [9.17, 15) is 8.78 Å². The summed E-state index contributed by atoms with van der Waals surface area (Å²) in [6, 6.07) is 10.4. The van der Waals surface area contributed by atoms with Crippen LogP contribution in [0.2, 0.25) is 0 Å². The van der Waals surface area contributed by atoms with Crippen molar-refractivity contribution < 1.29 is 13.5 Å². The van der Waals surface area contributed by atoms with Crippen molar-refractivity contribution in [3.8, 4) is 0 Å². The smallest absolute Gasteiger partial charge is 0.126 e. The molecule has 1 saturated heterocycles. The van der Waals surface area contributed by atoms with Gasteiger partial charge in [0.15, 0.2) is 0 Å². The van der Waals surface area contributed by atoms with Gasteiger partial charge in [0.25, 0.3) is 0 Å². The first-order valence-corrected chi connectivity index (χ1v) is 9.20. The van der Waals surface area contributed by atoms with E-state index in [1.807, 2.05) is 0 Å². The Morgan fingerprint density at radius 1 is 0.962 bits per heavy atom. The molecule has 0 saturated carbocycles. The van der Waals surface area contributed by atoms with Crippen LogP contribution in [0.4, 0.5) is 14.5 Å². The van der Waals surface area contributed by atoms with Crippen LogP contribution in [0, 0.1) is 11.6 Å². The molecule has 138 valence electrons. The Kier molecular flexibility index (Phi) is 4.92. The molecule has 3 nitrogen and oxygen atoms in total. The Morgan fingerprint density at radius 2 is 1.69 bits per heavy atom. The van der Waals surface area contributed by atoms with E-state index < -0.39 is 11.6 Å². The molecular weight excluding hydrogens is 334 g/mol. The number of hydrogen-bond donors (Lipinski definition) is 0. The molecule has 0 radical (unpaired) electrons. The largest absolute Gasteiger partial charge is 0.378 e. The molecule has 26 heavy (non-hydrogen) atoms. The summed E-state index contributed by atoms with van der Waals surface area (Å²) < 4.78 is 33.0. The van der Waals surface area contributed by atoms with Crippen LogP contribution in [-0.2, 0) is 11.3 Å². The number of nitrogens with zero attached hydrogens (tertiary/aromatic N) is 2. The number of halogens is 2. The van der Waals surface area contributed by atoms with Crippen LogP contribution < -0.4 is 4.90 Å². The SMILES string of the molecule is CN1CCC(c2cc(F)cc(F)c2)c2ccc(N3CCOCC3)cc2C1. The molecule has 1 atom stereocenters. The summed E-state index contributed by atoms with van der Waals surface area (Å²) in [5.74, 6) is -1.01. The Balaban J connectivity index is 1.72. The Labute approximate surface area is 153 Å². The van der Waals surface area contributed by atoms with Gasteiger partial charge in [-0.25, -0.2) is 8.78 Å². The quantitative estimate of drug-likeness (QED) is 0.813. The van der Waals surface area contributed by atoms with Crippen molar-refractivity contribution >= 4 is 5.69 Å². The van der Waals surface area contributed by atoms with Crippen molar-refractivity contribution in [1.29, 1.82) is 0 Å². The van der Waals surface area contributed by atoms with Crippen molar-refractivity contribution in [2.24, 2.45) is 0 Å². The highest BCUT2D eigenvalue weighted by Gasteiger charge is 2.24. The van der Waals surface area contributed by atoms with E-state index in [4.69, 9.17) is 4.74 Å². The van der Waals surface area contributed by atoms with Gasteiger partial charge in [0.1, 0.15) is 11.6 Å². The summed E-state index contributed by atoms with van der Waals surface area (Å²) in [5, 5.41) is 0. The van der Waals surface area contributed by atoms with Gasteiger partial charge in [-0.15, -0.1) is 0 Å². The van der Waals surface area contributed by atoms with Crippen molar-refractivity contribution in [2.45, 2.75) is 18.9 Å². The number of hydrogen-bond acceptors (Lipinski definition) is 3. The summed E-state index contributed by atoms with van der Waals surface area (Å²) in [6.45, 7) is 5.04. The molecular formula is C21H24F2N2O. The first kappa shape index (κ1) is 17.4. The highest BCUT2D eigenvalue weighted by molar-refractivity contribution is 5.53. The standard InChI is InChI=1S/C21H24F2N2O/c1-24-5-4-21(15-10-17(22)13-18(23)11-15)20-3-2-19(12-16(20)14-24)25-6-8-26-9-7-25/h2-3,10-13,21H,4-9,14H2,1H3. The number of rotatable bonds is 2. The molecule has 0 bridgehead atoms. The van der Waals surface area contributed by atoms with E-state index in [1.54, 1.807) is 0 Å². The first-order valence-electron chi connectivity index (χ1n) is 9.20. The summed E-state index contributed by atoms with van der Waals surface area (Å²) in [5.41, 5.74) is 4.34. The lowest BCUT2D eigenvalue weighted by Gasteiger charge is -2.30. The minimum Gasteiger partial charge on any atom is -0.378 e. The fourth-order valence-electron chi connectivity index (χ4n) is 4.08. The van der Waals surface area contributed by atoms with Crippen LogP contribution in [0.25, 0.3) is 0 Å². The maximum atomic E-state index is 13.8. The van der Waals surface area contributed by atoms with Gasteiger partial charge in [0, 0.05) is 37.3 Å². The van der Waals surface area contributed by atoms with E-state index in [1.165, 1.54) is 28.9 Å². The zero-order valence-electron chi connectivity index (χ0n) is 15.0. The molecule has 0 aliphatic carbocycles. The third kappa shape index (κ3) is 3.60. The fraction of sp³-hybridized carbons (Fsp3) is 0.429. The Morgan fingerprint density at radius 3 is 2.42 bits per heavy atom. The lowest BCUT2D eigenvalue weighted by atomic mass is 9.86. The molecule has 4 rings (SSSR count). The van der Waals surface area contributed by atoms with E-state index in [2.05, 4.69) is 35.0 Å². The minimum absolute atomic E-state index is 0.0129. The molecule has 1 unspecified atom stereocenters. The van der Waals surface area contributed by atoms with Gasteiger partial charge in [-0.1, -0.05) is 6.07 Å². The first-order chi connectivity index (χ1) is 12.6. The average molecular weight is 358 g/mol. The molecule has 0 spiro atoms. The maximum Gasteiger partial charge on any atom is 0.126 e. The van der Waals surface area contributed by atoms with Crippen LogP contribution in [0.1, 0.15) is 29.0 Å². The van der Waals surface area contributed by atoms with Crippen molar-refractivity contribution in [1.82, 2.24) is 4.90 Å². The lowest BCUT2D eigenvalue weighted by molar-refractivity contribution is 0.122. The summed E-state index contributed by atoms with van der Waals surface area (Å²) >= 11 is 0. The van der Waals surface area contributed by atoms with Gasteiger partial charge >= 0.3 is 0 Å². The van der Waals surface area contributed by atoms with E-state index in [-0.39, 0.29) is 5.92 Å². The summed E-state index contributed by atoms with van der Waals surface area (Å²) in [4.78, 5) is 4.61. The number of ether oxygens (including phenoxy) is 1. The summed E-state index contributed by atoms with van der Waals surface area (Å²) in [7, 11) is 2.10. The third-order valence-electron chi connectivity index (χ3n) is 5.41. The Hall–Kier alpha value is -1.98. The molecule has 0 aromatic heterocycles. The van der Waals surface area contributed by atoms with Crippen molar-refractivity contribution in [2.75, 3.05) is 44.8 Å². The van der Waals surface area contributed by atoms with Crippen LogP contribution in [0.15, 0.2) is 36.4 Å². The van der Waals surface area contributed by atoms with Gasteiger partial charge in [-0.05, 0) is 61.0 Å². The number of fused-ring (bicyclic) bond motifs is 1. The van der Waals surface area contributed by atoms with Crippen molar-refractivity contribution in [3.05, 3.63) is 64.7 Å². The van der Waals surface area contributed by atoms with E-state index in [0.717, 1.165) is 57.4 Å². The second-order valence-electron chi connectivity index (χ2n) is 7.26. The Bertz CT molecular complexity index is 769. The van der Waals surface area contributed by atoms with Crippen LogP contribution in [0.5, 0.6) is 0 Å². The number of morpholine rings is 1.